The summed E-state index contributed by atoms with van der Waals surface area (Å²) in [5.41, 5.74) is 1.21. The molecular formula is C20H19FN4O4. The summed E-state index contributed by atoms with van der Waals surface area (Å²) in [7, 11) is 4.57. The highest BCUT2D eigenvalue weighted by molar-refractivity contribution is 6.02. The number of nitrogens with one attached hydrogen (secondary N) is 2. The molecule has 0 aliphatic rings. The molecule has 0 saturated heterocycles. The molecule has 0 unspecified atom stereocenters. The number of halogens is 1. The molecule has 0 radical (unpaired) electrons. The summed E-state index contributed by atoms with van der Waals surface area (Å²) in [4.78, 5) is 20.5. The average molecular weight is 398 g/mol. The molecule has 1 heterocycles. The zero-order chi connectivity index (χ0) is 20.8. The molecule has 3 rings (SSSR count). The molecular weight excluding hydrogens is 379 g/mol. The van der Waals surface area contributed by atoms with Gasteiger partial charge in [0.1, 0.15) is 17.3 Å². The van der Waals surface area contributed by atoms with Gasteiger partial charge in [0.2, 0.25) is 5.75 Å². The summed E-state index contributed by atoms with van der Waals surface area (Å²) in [6.07, 6.45) is 2.75. The number of ether oxygens (including phenoxy) is 3. The van der Waals surface area contributed by atoms with Gasteiger partial charge in [0.25, 0.3) is 5.91 Å². The lowest BCUT2D eigenvalue weighted by Gasteiger charge is -2.14. The Morgan fingerprint density at radius 2 is 1.55 bits per heavy atom. The first-order valence-electron chi connectivity index (χ1n) is 8.50. The van der Waals surface area contributed by atoms with E-state index in [9.17, 15) is 9.18 Å². The second-order valence-corrected chi connectivity index (χ2v) is 5.79. The third-order valence-corrected chi connectivity index (χ3v) is 3.92. The molecule has 2 N–H and O–H groups in total. The molecule has 0 aliphatic heterocycles. The van der Waals surface area contributed by atoms with Crippen molar-refractivity contribution in [2.45, 2.75) is 0 Å². The summed E-state index contributed by atoms with van der Waals surface area (Å²) in [6, 6.07) is 8.87. The van der Waals surface area contributed by atoms with Crippen LogP contribution in [0.25, 0.3) is 0 Å². The van der Waals surface area contributed by atoms with Crippen LogP contribution in [-0.4, -0.2) is 37.2 Å². The van der Waals surface area contributed by atoms with E-state index < -0.39 is 5.91 Å². The first kappa shape index (κ1) is 19.9. The number of amides is 1. The van der Waals surface area contributed by atoms with E-state index in [-0.39, 0.29) is 11.5 Å². The molecule has 2 aromatic carbocycles. The lowest BCUT2D eigenvalue weighted by atomic mass is 10.2. The second kappa shape index (κ2) is 8.87. The Balaban J connectivity index is 1.73. The van der Waals surface area contributed by atoms with E-state index in [1.807, 2.05) is 0 Å². The number of nitrogens with zero attached hydrogens (tertiary/aromatic N) is 2. The van der Waals surface area contributed by atoms with Crippen LogP contribution in [0.15, 0.2) is 48.8 Å². The topological polar surface area (TPSA) is 94.6 Å². The second-order valence-electron chi connectivity index (χ2n) is 5.79. The number of methoxy groups -OCH3 is 3. The van der Waals surface area contributed by atoms with Crippen LogP contribution in [0.2, 0.25) is 0 Å². The highest BCUT2D eigenvalue weighted by atomic mass is 19.1. The molecule has 0 aliphatic carbocycles. The van der Waals surface area contributed by atoms with E-state index >= 15 is 0 Å². The average Bonchev–Trinajstić information content (AvgIpc) is 2.75. The van der Waals surface area contributed by atoms with Crippen LogP contribution >= 0.6 is 0 Å². The van der Waals surface area contributed by atoms with Gasteiger partial charge >= 0.3 is 0 Å². The van der Waals surface area contributed by atoms with Gasteiger partial charge in [0.15, 0.2) is 11.5 Å². The molecule has 0 bridgehead atoms. The number of rotatable bonds is 7. The Hall–Kier alpha value is -3.88. The molecule has 150 valence electrons. The summed E-state index contributed by atoms with van der Waals surface area (Å²) >= 11 is 0. The van der Waals surface area contributed by atoms with Gasteiger partial charge in [-0.2, -0.15) is 0 Å². The maximum atomic E-state index is 12.9. The maximum Gasteiger partial charge on any atom is 0.275 e. The van der Waals surface area contributed by atoms with Gasteiger partial charge in [-0.15, -0.1) is 0 Å². The van der Waals surface area contributed by atoms with E-state index in [2.05, 4.69) is 20.6 Å². The summed E-state index contributed by atoms with van der Waals surface area (Å²) < 4.78 is 28.9. The lowest BCUT2D eigenvalue weighted by Crippen LogP contribution is -2.14. The van der Waals surface area contributed by atoms with Crippen molar-refractivity contribution >= 4 is 23.1 Å². The van der Waals surface area contributed by atoms with Gasteiger partial charge < -0.3 is 24.8 Å². The lowest BCUT2D eigenvalue weighted by molar-refractivity contribution is 0.102. The molecule has 0 fully saturated rings. The zero-order valence-electron chi connectivity index (χ0n) is 16.0. The molecule has 29 heavy (non-hydrogen) atoms. The quantitative estimate of drug-likeness (QED) is 0.627. The fourth-order valence-electron chi connectivity index (χ4n) is 2.54. The molecule has 1 amide bonds. The SMILES string of the molecule is COc1cc(Nc2cnc(C(=O)Nc3ccc(F)cc3)cn2)cc(OC)c1OC. The summed E-state index contributed by atoms with van der Waals surface area (Å²) in [5.74, 6) is 1.01. The van der Waals surface area contributed by atoms with Gasteiger partial charge in [0.05, 0.1) is 33.7 Å². The van der Waals surface area contributed by atoms with Crippen molar-refractivity contribution in [1.82, 2.24) is 9.97 Å². The van der Waals surface area contributed by atoms with E-state index in [0.29, 0.717) is 34.4 Å². The van der Waals surface area contributed by atoms with Crippen LogP contribution < -0.4 is 24.8 Å². The number of carbonyl (C=O) groups is 1. The maximum absolute atomic E-state index is 12.9. The van der Waals surface area contributed by atoms with Crippen molar-refractivity contribution in [1.29, 1.82) is 0 Å². The van der Waals surface area contributed by atoms with E-state index in [4.69, 9.17) is 14.2 Å². The highest BCUT2D eigenvalue weighted by Crippen LogP contribution is 2.40. The molecule has 9 heteroatoms. The molecule has 3 aromatic rings. The molecule has 1 aromatic heterocycles. The van der Waals surface area contributed by atoms with E-state index in [0.717, 1.165) is 0 Å². The Morgan fingerprint density at radius 1 is 0.897 bits per heavy atom. The third-order valence-electron chi connectivity index (χ3n) is 3.92. The number of hydrogen-bond donors (Lipinski definition) is 2. The predicted octanol–water partition coefficient (Wildman–Crippen LogP) is 3.64. The van der Waals surface area contributed by atoms with Crippen LogP contribution in [0, 0.1) is 5.82 Å². The molecule has 8 nitrogen and oxygen atoms in total. The first-order chi connectivity index (χ1) is 14.0. The van der Waals surface area contributed by atoms with Crippen molar-refractivity contribution in [3.8, 4) is 17.2 Å². The summed E-state index contributed by atoms with van der Waals surface area (Å²) in [5, 5.41) is 5.69. The van der Waals surface area contributed by atoms with Crippen molar-refractivity contribution < 1.29 is 23.4 Å². The number of anilines is 3. The van der Waals surface area contributed by atoms with Crippen LogP contribution in [0.1, 0.15) is 10.5 Å². The molecule has 0 spiro atoms. The largest absolute Gasteiger partial charge is 0.493 e. The number of aromatic nitrogens is 2. The number of hydrogen-bond acceptors (Lipinski definition) is 7. The zero-order valence-corrected chi connectivity index (χ0v) is 16.0. The van der Waals surface area contributed by atoms with Crippen LogP contribution in [-0.2, 0) is 0 Å². The van der Waals surface area contributed by atoms with Gasteiger partial charge in [-0.05, 0) is 24.3 Å². The first-order valence-corrected chi connectivity index (χ1v) is 8.50. The standard InChI is InChI=1S/C20H19FN4O4/c1-27-16-8-14(9-17(28-2)19(16)29-3)24-18-11-22-15(10-23-18)20(26)25-13-6-4-12(21)5-7-13/h4-11H,1-3H3,(H,23,24)(H,25,26). The van der Waals surface area contributed by atoms with Gasteiger partial charge in [0, 0.05) is 23.5 Å². The highest BCUT2D eigenvalue weighted by Gasteiger charge is 2.14. The summed E-state index contributed by atoms with van der Waals surface area (Å²) in [6.45, 7) is 0. The predicted molar refractivity (Wildman–Crippen MR) is 106 cm³/mol. The third kappa shape index (κ3) is 4.70. The Morgan fingerprint density at radius 3 is 2.07 bits per heavy atom. The Kier molecular flexibility index (Phi) is 6.08. The van der Waals surface area contributed by atoms with Crippen molar-refractivity contribution in [3.63, 3.8) is 0 Å². The minimum Gasteiger partial charge on any atom is -0.493 e. The minimum absolute atomic E-state index is 0.116. The number of carbonyl (C=O) groups excluding carboxylic acids is 1. The Bertz CT molecular complexity index is 969. The Labute approximate surface area is 166 Å². The fraction of sp³-hybridized carbons (Fsp3) is 0.150. The van der Waals surface area contributed by atoms with E-state index in [1.54, 1.807) is 12.1 Å². The van der Waals surface area contributed by atoms with Gasteiger partial charge in [-0.1, -0.05) is 0 Å². The number of benzene rings is 2. The van der Waals surface area contributed by atoms with Crippen molar-refractivity contribution in [2.24, 2.45) is 0 Å². The monoisotopic (exact) mass is 398 g/mol. The fourth-order valence-corrected chi connectivity index (χ4v) is 2.54. The van der Waals surface area contributed by atoms with Crippen LogP contribution in [0.3, 0.4) is 0 Å². The van der Waals surface area contributed by atoms with Gasteiger partial charge in [-0.25, -0.2) is 14.4 Å². The minimum atomic E-state index is -0.455. The van der Waals surface area contributed by atoms with Crippen molar-refractivity contribution in [3.05, 3.63) is 60.3 Å². The van der Waals surface area contributed by atoms with Crippen LogP contribution in [0.5, 0.6) is 17.2 Å². The smallest absolute Gasteiger partial charge is 0.275 e. The van der Waals surface area contributed by atoms with E-state index in [1.165, 1.54) is 58.0 Å². The van der Waals surface area contributed by atoms with Gasteiger partial charge in [-0.3, -0.25) is 4.79 Å². The normalized spacial score (nSPS) is 10.2. The molecule has 0 atom stereocenters. The van der Waals surface area contributed by atoms with Crippen molar-refractivity contribution in [2.75, 3.05) is 32.0 Å². The molecule has 0 saturated carbocycles. The van der Waals surface area contributed by atoms with Crippen LogP contribution in [0.4, 0.5) is 21.6 Å².